The molecule has 0 aliphatic carbocycles. The number of pyridine rings is 1. The van der Waals surface area contributed by atoms with E-state index in [2.05, 4.69) is 10.3 Å². The van der Waals surface area contributed by atoms with Gasteiger partial charge in [-0.25, -0.2) is 14.8 Å². The number of benzene rings is 1. The lowest BCUT2D eigenvalue weighted by atomic mass is 10.2. The van der Waals surface area contributed by atoms with Gasteiger partial charge in [0.05, 0.1) is 23.4 Å². The number of aromatic nitrogens is 3. The minimum atomic E-state index is -0.406. The van der Waals surface area contributed by atoms with Gasteiger partial charge in [-0.1, -0.05) is 25.6 Å². The van der Waals surface area contributed by atoms with Gasteiger partial charge in [0.1, 0.15) is 9.53 Å². The van der Waals surface area contributed by atoms with Crippen LogP contribution >= 0.6 is 23.1 Å². The number of nitrogens with zero attached hydrogens (tertiary/aromatic N) is 3. The highest BCUT2D eigenvalue weighted by Gasteiger charge is 2.18. The fourth-order valence-electron chi connectivity index (χ4n) is 3.41. The highest BCUT2D eigenvalue weighted by molar-refractivity contribution is 7.99. The first-order chi connectivity index (χ1) is 16.4. The molecular formula is C24H24N4O4S2. The number of hydrogen-bond acceptors (Lipinski definition) is 8. The number of fused-ring (bicyclic) bond motifs is 3. The first kappa shape index (κ1) is 23.9. The lowest BCUT2D eigenvalue weighted by Crippen LogP contribution is -2.25. The molecule has 1 aromatic carbocycles. The number of hydrogen-bond donors (Lipinski definition) is 1. The molecule has 0 aliphatic heterocycles. The van der Waals surface area contributed by atoms with Crippen molar-refractivity contribution in [1.82, 2.24) is 14.5 Å². The first-order valence-electron chi connectivity index (χ1n) is 10.8. The Bertz CT molecular complexity index is 1410. The number of thiophene rings is 1. The van der Waals surface area contributed by atoms with E-state index in [0.29, 0.717) is 39.8 Å². The summed E-state index contributed by atoms with van der Waals surface area (Å²) in [5, 5.41) is 4.15. The van der Waals surface area contributed by atoms with Gasteiger partial charge in [-0.05, 0) is 49.2 Å². The number of carbonyl (C=O) groups excluding carboxylic acids is 2. The predicted molar refractivity (Wildman–Crippen MR) is 136 cm³/mol. The van der Waals surface area contributed by atoms with Crippen molar-refractivity contribution in [3.63, 3.8) is 0 Å². The van der Waals surface area contributed by atoms with Crippen LogP contribution in [0.25, 0.3) is 20.4 Å². The van der Waals surface area contributed by atoms with E-state index in [4.69, 9.17) is 9.72 Å². The smallest absolute Gasteiger partial charge is 0.338 e. The van der Waals surface area contributed by atoms with Crippen molar-refractivity contribution in [1.29, 1.82) is 0 Å². The van der Waals surface area contributed by atoms with E-state index in [-0.39, 0.29) is 23.1 Å². The molecule has 34 heavy (non-hydrogen) atoms. The van der Waals surface area contributed by atoms with E-state index in [1.165, 1.54) is 23.1 Å². The SMILES string of the molecule is CCOC(=O)c1ccc(NC(=O)CSc2nc3c(sc4ncccc43)c(=O)n2CC(C)C)cc1. The molecule has 10 heteroatoms. The Labute approximate surface area is 204 Å². The Kier molecular flexibility index (Phi) is 7.28. The second-order valence-corrected chi connectivity index (χ2v) is 9.92. The molecule has 1 amide bonds. The minimum Gasteiger partial charge on any atom is -0.462 e. The zero-order chi connectivity index (χ0) is 24.2. The molecule has 0 atom stereocenters. The van der Waals surface area contributed by atoms with Gasteiger partial charge in [0.15, 0.2) is 5.16 Å². The first-order valence-corrected chi connectivity index (χ1v) is 12.7. The standard InChI is InChI=1S/C24H24N4O4S2/c1-4-32-23(31)15-7-9-16(10-8-15)26-18(29)13-33-24-27-19-17-6-5-11-25-21(17)34-20(19)22(30)28(24)12-14(2)3/h5-11,14H,4,12-13H2,1-3H3,(H,26,29). The molecule has 0 fully saturated rings. The second-order valence-electron chi connectivity index (χ2n) is 7.97. The van der Waals surface area contributed by atoms with Crippen LogP contribution in [0.4, 0.5) is 5.69 Å². The van der Waals surface area contributed by atoms with Crippen LogP contribution in [-0.4, -0.2) is 38.8 Å². The van der Waals surface area contributed by atoms with Crippen LogP contribution < -0.4 is 10.9 Å². The number of esters is 1. The topological polar surface area (TPSA) is 103 Å². The van der Waals surface area contributed by atoms with Gasteiger partial charge in [-0.15, -0.1) is 11.3 Å². The van der Waals surface area contributed by atoms with Gasteiger partial charge in [-0.3, -0.25) is 14.2 Å². The summed E-state index contributed by atoms with van der Waals surface area (Å²) in [4.78, 5) is 47.6. The van der Waals surface area contributed by atoms with E-state index in [9.17, 15) is 14.4 Å². The van der Waals surface area contributed by atoms with Crippen LogP contribution in [0.2, 0.25) is 0 Å². The molecule has 1 N–H and O–H groups in total. The van der Waals surface area contributed by atoms with Gasteiger partial charge in [-0.2, -0.15) is 0 Å². The Morgan fingerprint density at radius 3 is 2.68 bits per heavy atom. The van der Waals surface area contributed by atoms with Crippen molar-refractivity contribution in [3.05, 3.63) is 58.5 Å². The quantitative estimate of drug-likeness (QED) is 0.216. The summed E-state index contributed by atoms with van der Waals surface area (Å²) >= 11 is 2.56. The van der Waals surface area contributed by atoms with E-state index < -0.39 is 5.97 Å². The van der Waals surface area contributed by atoms with E-state index in [1.807, 2.05) is 26.0 Å². The van der Waals surface area contributed by atoms with E-state index >= 15 is 0 Å². The van der Waals surface area contributed by atoms with Crippen LogP contribution in [0.15, 0.2) is 52.5 Å². The Morgan fingerprint density at radius 1 is 1.21 bits per heavy atom. The highest BCUT2D eigenvalue weighted by atomic mass is 32.2. The summed E-state index contributed by atoms with van der Waals surface area (Å²) < 4.78 is 7.19. The fraction of sp³-hybridized carbons (Fsp3) is 0.292. The summed E-state index contributed by atoms with van der Waals surface area (Å²) in [7, 11) is 0. The molecule has 3 heterocycles. The highest BCUT2D eigenvalue weighted by Crippen LogP contribution is 2.30. The van der Waals surface area contributed by atoms with Crippen molar-refractivity contribution < 1.29 is 14.3 Å². The molecule has 4 rings (SSSR count). The van der Waals surface area contributed by atoms with Crippen LogP contribution in [-0.2, 0) is 16.1 Å². The maximum atomic E-state index is 13.3. The second kappa shape index (κ2) is 10.4. The van der Waals surface area contributed by atoms with Gasteiger partial charge in [0.2, 0.25) is 5.91 Å². The van der Waals surface area contributed by atoms with Crippen LogP contribution in [0, 0.1) is 5.92 Å². The zero-order valence-corrected chi connectivity index (χ0v) is 20.7. The largest absolute Gasteiger partial charge is 0.462 e. The molecule has 4 aromatic rings. The average molecular weight is 497 g/mol. The minimum absolute atomic E-state index is 0.0794. The van der Waals surface area contributed by atoms with Gasteiger partial charge >= 0.3 is 5.97 Å². The van der Waals surface area contributed by atoms with Crippen molar-refractivity contribution >= 4 is 61.1 Å². The van der Waals surface area contributed by atoms with Crippen molar-refractivity contribution in [3.8, 4) is 0 Å². The molecule has 0 aliphatic rings. The third-order valence-electron chi connectivity index (χ3n) is 4.88. The molecule has 0 radical (unpaired) electrons. The lowest BCUT2D eigenvalue weighted by Gasteiger charge is -2.14. The molecule has 176 valence electrons. The molecule has 3 aromatic heterocycles. The third kappa shape index (κ3) is 5.13. The summed E-state index contributed by atoms with van der Waals surface area (Å²) in [5.74, 6) is -0.334. The summed E-state index contributed by atoms with van der Waals surface area (Å²) in [6.07, 6.45) is 1.70. The van der Waals surface area contributed by atoms with E-state index in [1.54, 1.807) is 42.0 Å². The van der Waals surface area contributed by atoms with Crippen molar-refractivity contribution in [2.75, 3.05) is 17.7 Å². The lowest BCUT2D eigenvalue weighted by molar-refractivity contribution is -0.113. The monoisotopic (exact) mass is 496 g/mol. The number of rotatable bonds is 8. The molecule has 0 saturated heterocycles. The summed E-state index contributed by atoms with van der Waals surface area (Å²) in [5.41, 5.74) is 1.49. The fourth-order valence-corrected chi connectivity index (χ4v) is 5.24. The Morgan fingerprint density at radius 2 is 1.97 bits per heavy atom. The normalized spacial score (nSPS) is 11.3. The maximum Gasteiger partial charge on any atom is 0.338 e. The van der Waals surface area contributed by atoms with Crippen LogP contribution in [0.1, 0.15) is 31.1 Å². The summed E-state index contributed by atoms with van der Waals surface area (Å²) in [6.45, 7) is 6.61. The Hall–Kier alpha value is -3.24. The van der Waals surface area contributed by atoms with Gasteiger partial charge in [0, 0.05) is 23.8 Å². The Balaban J connectivity index is 1.55. The van der Waals surface area contributed by atoms with Gasteiger partial charge < -0.3 is 10.1 Å². The molecule has 0 unspecified atom stereocenters. The average Bonchev–Trinajstić information content (AvgIpc) is 3.19. The predicted octanol–water partition coefficient (Wildman–Crippen LogP) is 4.57. The number of amides is 1. The zero-order valence-electron chi connectivity index (χ0n) is 19.0. The third-order valence-corrected chi connectivity index (χ3v) is 6.94. The molecule has 0 saturated carbocycles. The number of thioether (sulfide) groups is 1. The van der Waals surface area contributed by atoms with Gasteiger partial charge in [0.25, 0.3) is 5.56 Å². The molecular weight excluding hydrogens is 472 g/mol. The van der Waals surface area contributed by atoms with Crippen molar-refractivity contribution in [2.24, 2.45) is 5.92 Å². The number of carbonyl (C=O) groups is 2. The summed E-state index contributed by atoms with van der Waals surface area (Å²) in [6, 6.07) is 10.2. The van der Waals surface area contributed by atoms with Crippen molar-refractivity contribution in [2.45, 2.75) is 32.5 Å². The maximum absolute atomic E-state index is 13.3. The number of anilines is 1. The van der Waals surface area contributed by atoms with Crippen LogP contribution in [0.3, 0.4) is 0 Å². The number of ether oxygens (including phenoxy) is 1. The molecule has 0 bridgehead atoms. The molecule has 0 spiro atoms. The van der Waals surface area contributed by atoms with E-state index in [0.717, 1.165) is 10.2 Å². The molecule has 8 nitrogen and oxygen atoms in total. The van der Waals surface area contributed by atoms with Crippen LogP contribution in [0.5, 0.6) is 0 Å². The number of nitrogens with one attached hydrogen (secondary N) is 1.